The van der Waals surface area contributed by atoms with Gasteiger partial charge in [-0.25, -0.2) is 4.98 Å². The summed E-state index contributed by atoms with van der Waals surface area (Å²) in [6.45, 7) is 0. The van der Waals surface area contributed by atoms with Crippen LogP contribution in [0.2, 0.25) is 0 Å². The highest BCUT2D eigenvalue weighted by Crippen LogP contribution is 2.30. The van der Waals surface area contributed by atoms with Crippen LogP contribution in [-0.2, 0) is 0 Å². The summed E-state index contributed by atoms with van der Waals surface area (Å²) in [6, 6.07) is 6.92. The van der Waals surface area contributed by atoms with Gasteiger partial charge in [0, 0.05) is 11.1 Å². The normalized spacial score (nSPS) is 10.2. The zero-order valence-electron chi connectivity index (χ0n) is 8.92. The molecule has 0 bridgehead atoms. The van der Waals surface area contributed by atoms with Crippen molar-refractivity contribution < 1.29 is 9.84 Å². The Morgan fingerprint density at radius 2 is 2.24 bits per heavy atom. The van der Waals surface area contributed by atoms with Gasteiger partial charge in [-0.15, -0.1) is 0 Å². The predicted molar refractivity (Wildman–Crippen MR) is 68.5 cm³/mol. The minimum Gasteiger partial charge on any atom is -0.508 e. The lowest BCUT2D eigenvalue weighted by molar-refractivity contribution is 0.389. The van der Waals surface area contributed by atoms with Gasteiger partial charge < -0.3 is 9.84 Å². The molecule has 0 amide bonds. The number of aromatic hydroxyl groups is 1. The van der Waals surface area contributed by atoms with Gasteiger partial charge in [-0.05, 0) is 45.9 Å². The molecule has 88 valence electrons. The van der Waals surface area contributed by atoms with Gasteiger partial charge in [0.15, 0.2) is 5.16 Å². The highest BCUT2D eigenvalue weighted by atomic mass is 79.9. The lowest BCUT2D eigenvalue weighted by Crippen LogP contribution is -1.93. The number of phenolic OH excluding ortho intramolecular Hbond substituents is 1. The maximum absolute atomic E-state index is 9.35. The SMILES string of the molecule is COc1nc(Sc2cccc(O)c2)ncc1Br. The third-order valence-corrected chi connectivity index (χ3v) is 3.32. The molecule has 1 N–H and O–H groups in total. The first-order valence-corrected chi connectivity index (χ1v) is 6.33. The van der Waals surface area contributed by atoms with Crippen molar-refractivity contribution in [3.8, 4) is 11.6 Å². The van der Waals surface area contributed by atoms with Gasteiger partial charge in [0.05, 0.1) is 11.6 Å². The first kappa shape index (κ1) is 12.2. The Balaban J connectivity index is 2.24. The molecule has 2 aromatic rings. The van der Waals surface area contributed by atoms with E-state index in [2.05, 4.69) is 25.9 Å². The van der Waals surface area contributed by atoms with Crippen molar-refractivity contribution in [1.29, 1.82) is 0 Å². The largest absolute Gasteiger partial charge is 0.508 e. The molecule has 0 saturated heterocycles. The van der Waals surface area contributed by atoms with Crippen molar-refractivity contribution >= 4 is 27.7 Å². The lowest BCUT2D eigenvalue weighted by Gasteiger charge is -2.04. The van der Waals surface area contributed by atoms with Gasteiger partial charge >= 0.3 is 0 Å². The summed E-state index contributed by atoms with van der Waals surface area (Å²) in [5.41, 5.74) is 0. The molecule has 0 aliphatic rings. The molecule has 17 heavy (non-hydrogen) atoms. The van der Waals surface area contributed by atoms with E-state index in [0.29, 0.717) is 15.5 Å². The summed E-state index contributed by atoms with van der Waals surface area (Å²) in [7, 11) is 1.55. The number of phenols is 1. The van der Waals surface area contributed by atoms with Gasteiger partial charge in [0.1, 0.15) is 5.75 Å². The van der Waals surface area contributed by atoms with E-state index < -0.39 is 0 Å². The Morgan fingerprint density at radius 3 is 2.94 bits per heavy atom. The molecular weight excluding hydrogens is 304 g/mol. The third kappa shape index (κ3) is 3.10. The van der Waals surface area contributed by atoms with E-state index in [1.54, 1.807) is 31.5 Å². The Kier molecular flexibility index (Phi) is 3.86. The van der Waals surface area contributed by atoms with Crippen LogP contribution >= 0.6 is 27.7 Å². The maximum atomic E-state index is 9.35. The molecule has 0 unspecified atom stereocenters. The number of hydrogen-bond acceptors (Lipinski definition) is 5. The number of halogens is 1. The second-order valence-electron chi connectivity index (χ2n) is 3.11. The number of nitrogens with zero attached hydrogens (tertiary/aromatic N) is 2. The van der Waals surface area contributed by atoms with E-state index >= 15 is 0 Å². The fourth-order valence-corrected chi connectivity index (χ4v) is 2.30. The molecular formula is C11H9BrN2O2S. The summed E-state index contributed by atoms with van der Waals surface area (Å²) in [6.07, 6.45) is 1.64. The van der Waals surface area contributed by atoms with Crippen molar-refractivity contribution in [3.05, 3.63) is 34.9 Å². The Hall–Kier alpha value is -1.27. The van der Waals surface area contributed by atoms with Gasteiger partial charge in [0.25, 0.3) is 0 Å². The van der Waals surface area contributed by atoms with Crippen molar-refractivity contribution in [3.63, 3.8) is 0 Å². The Labute approximate surface area is 111 Å². The van der Waals surface area contributed by atoms with Crippen molar-refractivity contribution in [1.82, 2.24) is 9.97 Å². The number of ether oxygens (including phenoxy) is 1. The molecule has 0 spiro atoms. The lowest BCUT2D eigenvalue weighted by atomic mass is 10.3. The summed E-state index contributed by atoms with van der Waals surface area (Å²) in [5, 5.41) is 9.92. The first-order valence-electron chi connectivity index (χ1n) is 4.72. The van der Waals surface area contributed by atoms with Crippen LogP contribution in [0.5, 0.6) is 11.6 Å². The van der Waals surface area contributed by atoms with Crippen molar-refractivity contribution in [2.45, 2.75) is 10.1 Å². The second-order valence-corrected chi connectivity index (χ2v) is 5.00. The standard InChI is InChI=1S/C11H9BrN2O2S/c1-16-10-9(12)6-13-11(14-10)17-8-4-2-3-7(15)5-8/h2-6,15H,1H3. The van der Waals surface area contributed by atoms with Gasteiger partial charge in [-0.3, -0.25) is 0 Å². The minimum atomic E-state index is 0.221. The summed E-state index contributed by atoms with van der Waals surface area (Å²) in [4.78, 5) is 9.24. The molecule has 6 heteroatoms. The smallest absolute Gasteiger partial charge is 0.231 e. The van der Waals surface area contributed by atoms with E-state index in [1.807, 2.05) is 6.07 Å². The highest BCUT2D eigenvalue weighted by Gasteiger charge is 2.06. The zero-order valence-corrected chi connectivity index (χ0v) is 11.3. The molecule has 0 aliphatic carbocycles. The molecule has 2 rings (SSSR count). The predicted octanol–water partition coefficient (Wildman–Crippen LogP) is 3.10. The van der Waals surface area contributed by atoms with Crippen LogP contribution in [0.3, 0.4) is 0 Å². The maximum Gasteiger partial charge on any atom is 0.231 e. The van der Waals surface area contributed by atoms with Crippen LogP contribution in [0.1, 0.15) is 0 Å². The number of aromatic nitrogens is 2. The summed E-state index contributed by atoms with van der Waals surface area (Å²) >= 11 is 4.65. The van der Waals surface area contributed by atoms with Gasteiger partial charge in [0.2, 0.25) is 5.88 Å². The van der Waals surface area contributed by atoms with E-state index in [1.165, 1.54) is 11.8 Å². The number of benzene rings is 1. The zero-order chi connectivity index (χ0) is 12.3. The van der Waals surface area contributed by atoms with Crippen LogP contribution in [0.15, 0.2) is 45.0 Å². The topological polar surface area (TPSA) is 55.2 Å². The quantitative estimate of drug-likeness (QED) is 0.883. The molecule has 4 nitrogen and oxygen atoms in total. The fourth-order valence-electron chi connectivity index (χ4n) is 1.18. The molecule has 1 aromatic carbocycles. The van der Waals surface area contributed by atoms with Crippen molar-refractivity contribution in [2.75, 3.05) is 7.11 Å². The van der Waals surface area contributed by atoms with E-state index in [9.17, 15) is 5.11 Å². The van der Waals surface area contributed by atoms with Crippen molar-refractivity contribution in [2.24, 2.45) is 0 Å². The van der Waals surface area contributed by atoms with E-state index in [-0.39, 0.29) is 5.75 Å². The van der Waals surface area contributed by atoms with E-state index in [0.717, 1.165) is 4.90 Å². The average molecular weight is 313 g/mol. The number of hydrogen-bond donors (Lipinski definition) is 1. The van der Waals surface area contributed by atoms with Gasteiger partial charge in [-0.2, -0.15) is 4.98 Å². The molecule has 0 saturated carbocycles. The van der Waals surface area contributed by atoms with E-state index in [4.69, 9.17) is 4.74 Å². The highest BCUT2D eigenvalue weighted by molar-refractivity contribution is 9.10. The first-order chi connectivity index (χ1) is 8.19. The Morgan fingerprint density at radius 1 is 1.41 bits per heavy atom. The Bertz CT molecular complexity index is 537. The van der Waals surface area contributed by atoms with Crippen LogP contribution in [-0.4, -0.2) is 22.2 Å². The third-order valence-electron chi connectivity index (χ3n) is 1.91. The van der Waals surface area contributed by atoms with Crippen LogP contribution < -0.4 is 4.74 Å². The second kappa shape index (κ2) is 5.37. The fraction of sp³-hybridized carbons (Fsp3) is 0.0909. The van der Waals surface area contributed by atoms with Crippen LogP contribution in [0.4, 0.5) is 0 Å². The monoisotopic (exact) mass is 312 g/mol. The molecule has 0 radical (unpaired) electrons. The summed E-state index contributed by atoms with van der Waals surface area (Å²) in [5.74, 6) is 0.710. The average Bonchev–Trinajstić information content (AvgIpc) is 2.32. The molecule has 1 aromatic heterocycles. The molecule has 0 aliphatic heterocycles. The number of methoxy groups -OCH3 is 1. The van der Waals surface area contributed by atoms with Gasteiger partial charge in [-0.1, -0.05) is 6.07 Å². The van der Waals surface area contributed by atoms with Crippen LogP contribution in [0.25, 0.3) is 0 Å². The number of rotatable bonds is 3. The molecule has 1 heterocycles. The van der Waals surface area contributed by atoms with Crippen LogP contribution in [0, 0.1) is 0 Å². The summed E-state index contributed by atoms with van der Waals surface area (Å²) < 4.78 is 5.79. The minimum absolute atomic E-state index is 0.221. The molecule has 0 fully saturated rings. The molecule has 0 atom stereocenters.